The lowest BCUT2D eigenvalue weighted by atomic mass is 10.3. The average molecular weight is 269 g/mol. The van der Waals surface area contributed by atoms with Crippen molar-refractivity contribution in [2.45, 2.75) is 33.3 Å². The van der Waals surface area contributed by atoms with Crippen molar-refractivity contribution in [3.63, 3.8) is 0 Å². The van der Waals surface area contributed by atoms with E-state index in [0.717, 1.165) is 18.8 Å². The molecular weight excluding hydrogens is 246 g/mol. The summed E-state index contributed by atoms with van der Waals surface area (Å²) in [4.78, 5) is 4.37. The van der Waals surface area contributed by atoms with E-state index in [9.17, 15) is 0 Å². The molecule has 0 atom stereocenters. The van der Waals surface area contributed by atoms with E-state index in [4.69, 9.17) is 10.5 Å². The number of hydrogen-bond donors (Lipinski definition) is 2. The maximum Gasteiger partial charge on any atom is 0.239 e. The minimum absolute atomic E-state index is 0.0796. The third-order valence-corrected chi connectivity index (χ3v) is 3.20. The van der Waals surface area contributed by atoms with Gasteiger partial charge in [-0.25, -0.2) is 0 Å². The molecule has 0 aromatic carbocycles. The smallest absolute Gasteiger partial charge is 0.239 e. The highest BCUT2D eigenvalue weighted by molar-refractivity contribution is 7.99. The number of aromatic nitrogens is 1. The van der Waals surface area contributed by atoms with Crippen LogP contribution >= 0.6 is 11.8 Å². The van der Waals surface area contributed by atoms with Crippen molar-refractivity contribution in [1.29, 1.82) is 0 Å². The molecular formula is C13H23N3OS. The van der Waals surface area contributed by atoms with Crippen LogP contribution in [0.4, 0.5) is 11.5 Å². The van der Waals surface area contributed by atoms with E-state index in [1.54, 1.807) is 0 Å². The lowest BCUT2D eigenvalue weighted by Gasteiger charge is -2.12. The van der Waals surface area contributed by atoms with Gasteiger partial charge >= 0.3 is 0 Å². The Morgan fingerprint density at radius 3 is 2.89 bits per heavy atom. The van der Waals surface area contributed by atoms with Crippen molar-refractivity contribution in [3.8, 4) is 5.88 Å². The van der Waals surface area contributed by atoms with Crippen molar-refractivity contribution < 1.29 is 4.74 Å². The number of nitrogen functional groups attached to an aromatic ring is 1. The summed E-state index contributed by atoms with van der Waals surface area (Å²) in [6.45, 7) is 7.02. The van der Waals surface area contributed by atoms with Gasteiger partial charge in [-0.05, 0) is 43.9 Å². The van der Waals surface area contributed by atoms with Gasteiger partial charge in [-0.15, -0.1) is 0 Å². The van der Waals surface area contributed by atoms with E-state index in [-0.39, 0.29) is 6.10 Å². The van der Waals surface area contributed by atoms with Gasteiger partial charge in [0, 0.05) is 6.54 Å². The van der Waals surface area contributed by atoms with Crippen LogP contribution in [0, 0.1) is 0 Å². The van der Waals surface area contributed by atoms with Gasteiger partial charge in [0.1, 0.15) is 5.82 Å². The summed E-state index contributed by atoms with van der Waals surface area (Å²) >= 11 is 1.95. The fourth-order valence-electron chi connectivity index (χ4n) is 1.40. The first kappa shape index (κ1) is 15.0. The van der Waals surface area contributed by atoms with Crippen LogP contribution in [-0.4, -0.2) is 29.1 Å². The fraction of sp³-hybridized carbons (Fsp3) is 0.615. The first-order valence-electron chi connectivity index (χ1n) is 6.38. The summed E-state index contributed by atoms with van der Waals surface area (Å²) < 4.78 is 5.55. The Morgan fingerprint density at radius 1 is 1.44 bits per heavy atom. The van der Waals surface area contributed by atoms with E-state index >= 15 is 0 Å². The van der Waals surface area contributed by atoms with Crippen molar-refractivity contribution in [1.82, 2.24) is 4.98 Å². The topological polar surface area (TPSA) is 60.2 Å². The quantitative estimate of drug-likeness (QED) is 0.710. The molecule has 0 bridgehead atoms. The SMILES string of the molecule is CCSCCCNc1ccc(N)c(OC(C)C)n1. The highest BCUT2D eigenvalue weighted by atomic mass is 32.2. The van der Waals surface area contributed by atoms with Crippen LogP contribution in [0.15, 0.2) is 12.1 Å². The molecule has 0 radical (unpaired) electrons. The van der Waals surface area contributed by atoms with E-state index in [2.05, 4.69) is 17.2 Å². The van der Waals surface area contributed by atoms with Crippen LogP contribution in [0.25, 0.3) is 0 Å². The summed E-state index contributed by atoms with van der Waals surface area (Å²) in [5.74, 6) is 3.68. The number of hydrogen-bond acceptors (Lipinski definition) is 5. The Bertz CT molecular complexity index is 358. The van der Waals surface area contributed by atoms with Crippen molar-refractivity contribution in [2.75, 3.05) is 29.1 Å². The van der Waals surface area contributed by atoms with Crippen LogP contribution in [0.1, 0.15) is 27.2 Å². The van der Waals surface area contributed by atoms with Gasteiger partial charge in [-0.3, -0.25) is 0 Å². The van der Waals surface area contributed by atoms with Gasteiger partial charge < -0.3 is 15.8 Å². The predicted octanol–water partition coefficient (Wildman–Crippen LogP) is 3.01. The summed E-state index contributed by atoms with van der Waals surface area (Å²) in [6.07, 6.45) is 1.21. The predicted molar refractivity (Wildman–Crippen MR) is 80.5 cm³/mol. The highest BCUT2D eigenvalue weighted by Gasteiger charge is 2.06. The van der Waals surface area contributed by atoms with Crippen molar-refractivity contribution >= 4 is 23.3 Å². The molecule has 0 saturated carbocycles. The molecule has 102 valence electrons. The third-order valence-electron chi connectivity index (χ3n) is 2.21. The number of nitrogens with zero attached hydrogens (tertiary/aromatic N) is 1. The zero-order valence-corrected chi connectivity index (χ0v) is 12.2. The molecule has 1 aromatic rings. The van der Waals surface area contributed by atoms with Crippen molar-refractivity contribution in [3.05, 3.63) is 12.1 Å². The van der Waals surface area contributed by atoms with Crippen LogP contribution in [0.5, 0.6) is 5.88 Å². The molecule has 0 unspecified atom stereocenters. The van der Waals surface area contributed by atoms with Gasteiger partial charge in [0.05, 0.1) is 11.8 Å². The molecule has 0 spiro atoms. The standard InChI is InChI=1S/C13H23N3OS/c1-4-18-9-5-8-15-12-7-6-11(14)13(16-12)17-10(2)3/h6-7,10H,4-5,8-9,14H2,1-3H3,(H,15,16). The van der Waals surface area contributed by atoms with Gasteiger partial charge in [0.25, 0.3) is 0 Å². The normalized spacial score (nSPS) is 10.7. The number of rotatable bonds is 8. The van der Waals surface area contributed by atoms with Crippen LogP contribution in [0.2, 0.25) is 0 Å². The fourth-order valence-corrected chi connectivity index (χ4v) is 2.04. The lowest BCUT2D eigenvalue weighted by Crippen LogP contribution is -2.11. The molecule has 0 aliphatic carbocycles. The molecule has 0 fully saturated rings. The maximum absolute atomic E-state index is 5.81. The summed E-state index contributed by atoms with van der Waals surface area (Å²) in [5.41, 5.74) is 6.39. The molecule has 3 N–H and O–H groups in total. The molecule has 5 heteroatoms. The van der Waals surface area contributed by atoms with E-state index in [1.165, 1.54) is 11.5 Å². The second kappa shape index (κ2) is 8.08. The number of nitrogens with two attached hydrogens (primary N) is 1. The molecule has 0 amide bonds. The molecule has 0 aliphatic rings. The monoisotopic (exact) mass is 269 g/mol. The summed E-state index contributed by atoms with van der Waals surface area (Å²) in [5, 5.41) is 3.28. The van der Waals surface area contributed by atoms with Crippen molar-refractivity contribution in [2.24, 2.45) is 0 Å². The lowest BCUT2D eigenvalue weighted by molar-refractivity contribution is 0.234. The Hall–Kier alpha value is -1.10. The number of pyridine rings is 1. The van der Waals surface area contributed by atoms with Crippen LogP contribution in [-0.2, 0) is 0 Å². The summed E-state index contributed by atoms with van der Waals surface area (Å²) in [6, 6.07) is 3.71. The molecule has 0 aliphatic heterocycles. The zero-order chi connectivity index (χ0) is 13.4. The number of ether oxygens (including phenoxy) is 1. The molecule has 1 rings (SSSR count). The first-order chi connectivity index (χ1) is 8.63. The Balaban J connectivity index is 2.46. The summed E-state index contributed by atoms with van der Waals surface area (Å²) in [7, 11) is 0. The minimum atomic E-state index is 0.0796. The van der Waals surface area contributed by atoms with Gasteiger partial charge in [0.15, 0.2) is 0 Å². The maximum atomic E-state index is 5.81. The largest absolute Gasteiger partial charge is 0.473 e. The average Bonchev–Trinajstić information content (AvgIpc) is 2.32. The second-order valence-electron chi connectivity index (χ2n) is 4.23. The van der Waals surface area contributed by atoms with Gasteiger partial charge in [-0.1, -0.05) is 6.92 Å². The van der Waals surface area contributed by atoms with E-state index in [1.807, 2.05) is 37.7 Å². The first-order valence-corrected chi connectivity index (χ1v) is 7.53. The molecule has 0 saturated heterocycles. The highest BCUT2D eigenvalue weighted by Crippen LogP contribution is 2.21. The second-order valence-corrected chi connectivity index (χ2v) is 5.63. The van der Waals surface area contributed by atoms with Gasteiger partial charge in [0.2, 0.25) is 5.88 Å². The van der Waals surface area contributed by atoms with Crippen LogP contribution in [0.3, 0.4) is 0 Å². The third kappa shape index (κ3) is 5.49. The zero-order valence-electron chi connectivity index (χ0n) is 11.4. The molecule has 4 nitrogen and oxygen atoms in total. The number of nitrogens with one attached hydrogen (secondary N) is 1. The Morgan fingerprint density at radius 2 is 2.22 bits per heavy atom. The number of thioether (sulfide) groups is 1. The molecule has 18 heavy (non-hydrogen) atoms. The Labute approximate surface area is 114 Å². The molecule has 1 heterocycles. The molecule has 1 aromatic heterocycles. The van der Waals surface area contributed by atoms with Crippen LogP contribution < -0.4 is 15.8 Å². The van der Waals surface area contributed by atoms with E-state index < -0.39 is 0 Å². The van der Waals surface area contributed by atoms with Gasteiger partial charge in [-0.2, -0.15) is 16.7 Å². The number of anilines is 2. The minimum Gasteiger partial charge on any atom is -0.473 e. The Kier molecular flexibility index (Phi) is 6.72. The van der Waals surface area contributed by atoms with E-state index in [0.29, 0.717) is 11.6 Å².